The largest absolute Gasteiger partial charge is 0.368 e. The van der Waals surface area contributed by atoms with Crippen molar-refractivity contribution in [3.05, 3.63) is 53.9 Å². The molecule has 2 aromatic rings. The number of carbonyl (C=O) groups excluding carboxylic acids is 2. The molecule has 2 N–H and O–H groups in total. The number of hydrogen-bond acceptors (Lipinski definition) is 4. The maximum atomic E-state index is 12.5. The number of primary amides is 1. The van der Waals surface area contributed by atoms with Crippen LogP contribution < -0.4 is 5.73 Å². The topological polar surface area (TPSA) is 81.2 Å². The number of rotatable bonds is 6. The van der Waals surface area contributed by atoms with Crippen molar-refractivity contribution in [3.63, 3.8) is 0 Å². The highest BCUT2D eigenvalue weighted by molar-refractivity contribution is 5.96. The Labute approximate surface area is 141 Å². The van der Waals surface area contributed by atoms with Crippen LogP contribution in [0.25, 0.3) is 0 Å². The number of ketones is 1. The fourth-order valence-corrected chi connectivity index (χ4v) is 3.47. The van der Waals surface area contributed by atoms with E-state index in [0.29, 0.717) is 12.0 Å². The molecule has 0 spiro atoms. The molecule has 1 saturated heterocycles. The van der Waals surface area contributed by atoms with Crippen molar-refractivity contribution in [2.75, 3.05) is 6.54 Å². The molecule has 1 fully saturated rings. The van der Waals surface area contributed by atoms with E-state index in [-0.39, 0.29) is 17.7 Å². The lowest BCUT2D eigenvalue weighted by Gasteiger charge is -2.31. The van der Waals surface area contributed by atoms with Gasteiger partial charge < -0.3 is 5.73 Å². The lowest BCUT2D eigenvalue weighted by Crippen LogP contribution is -2.41. The molecule has 1 aliphatic rings. The molecule has 126 valence electrons. The SMILES string of the molecule is Cn1cc(C(=O)C[C@@H]2CCCN2[C@H](C(N)=O)c2ccccc2)cn1. The molecular weight excluding hydrogens is 304 g/mol. The molecule has 2 heterocycles. The number of aromatic nitrogens is 2. The number of carbonyl (C=O) groups is 2. The molecular formula is C18H22N4O2. The second-order valence-electron chi connectivity index (χ2n) is 6.28. The van der Waals surface area contributed by atoms with E-state index in [1.165, 1.54) is 0 Å². The molecule has 3 rings (SSSR count). The molecule has 24 heavy (non-hydrogen) atoms. The molecule has 1 aromatic carbocycles. The maximum Gasteiger partial charge on any atom is 0.239 e. The van der Waals surface area contributed by atoms with E-state index in [4.69, 9.17) is 5.73 Å². The molecule has 1 amide bonds. The second kappa shape index (κ2) is 6.97. The van der Waals surface area contributed by atoms with Gasteiger partial charge in [0.05, 0.1) is 11.8 Å². The smallest absolute Gasteiger partial charge is 0.239 e. The minimum atomic E-state index is -0.486. The van der Waals surface area contributed by atoms with Crippen LogP contribution in [0, 0.1) is 0 Å². The molecule has 0 aliphatic carbocycles. The Morgan fingerprint density at radius 2 is 2.08 bits per heavy atom. The summed E-state index contributed by atoms with van der Waals surface area (Å²) in [5.74, 6) is -0.321. The molecule has 6 heteroatoms. The number of amides is 1. The first-order valence-electron chi connectivity index (χ1n) is 8.18. The van der Waals surface area contributed by atoms with Gasteiger partial charge in [0.15, 0.2) is 5.78 Å². The predicted octanol–water partition coefficient (Wildman–Crippen LogP) is 1.68. The number of nitrogens with zero attached hydrogens (tertiary/aromatic N) is 3. The summed E-state index contributed by atoms with van der Waals surface area (Å²) >= 11 is 0. The average molecular weight is 326 g/mol. The van der Waals surface area contributed by atoms with Gasteiger partial charge >= 0.3 is 0 Å². The zero-order chi connectivity index (χ0) is 17.1. The summed E-state index contributed by atoms with van der Waals surface area (Å²) < 4.78 is 1.62. The van der Waals surface area contributed by atoms with Crippen molar-refractivity contribution < 1.29 is 9.59 Å². The number of likely N-dealkylation sites (tertiary alicyclic amines) is 1. The van der Waals surface area contributed by atoms with Crippen molar-refractivity contribution in [1.82, 2.24) is 14.7 Å². The van der Waals surface area contributed by atoms with E-state index in [9.17, 15) is 9.59 Å². The Bertz CT molecular complexity index is 726. The van der Waals surface area contributed by atoms with Crippen molar-refractivity contribution in [1.29, 1.82) is 0 Å². The lowest BCUT2D eigenvalue weighted by molar-refractivity contribution is -0.123. The molecule has 0 bridgehead atoms. The third kappa shape index (κ3) is 3.38. The highest BCUT2D eigenvalue weighted by Gasteiger charge is 2.35. The van der Waals surface area contributed by atoms with Gasteiger partial charge in [-0.05, 0) is 24.9 Å². The summed E-state index contributed by atoms with van der Waals surface area (Å²) in [5, 5.41) is 4.05. The molecule has 1 aromatic heterocycles. The van der Waals surface area contributed by atoms with Crippen LogP contribution in [-0.2, 0) is 11.8 Å². The fourth-order valence-electron chi connectivity index (χ4n) is 3.47. The van der Waals surface area contributed by atoms with Crippen LogP contribution in [0.5, 0.6) is 0 Å². The van der Waals surface area contributed by atoms with Crippen LogP contribution >= 0.6 is 0 Å². The van der Waals surface area contributed by atoms with Crippen LogP contribution in [0.15, 0.2) is 42.7 Å². The van der Waals surface area contributed by atoms with Crippen LogP contribution in [0.2, 0.25) is 0 Å². The molecule has 6 nitrogen and oxygen atoms in total. The van der Waals surface area contributed by atoms with Gasteiger partial charge in [0.2, 0.25) is 5.91 Å². The third-order valence-corrected chi connectivity index (χ3v) is 4.59. The van der Waals surface area contributed by atoms with Gasteiger partial charge in [-0.15, -0.1) is 0 Å². The molecule has 0 unspecified atom stereocenters. The zero-order valence-corrected chi connectivity index (χ0v) is 13.8. The first-order valence-corrected chi connectivity index (χ1v) is 8.18. The Morgan fingerprint density at radius 3 is 2.71 bits per heavy atom. The van der Waals surface area contributed by atoms with E-state index in [0.717, 1.165) is 24.9 Å². The van der Waals surface area contributed by atoms with Crippen molar-refractivity contribution in [2.24, 2.45) is 12.8 Å². The normalized spacial score (nSPS) is 19.3. The minimum Gasteiger partial charge on any atom is -0.368 e. The van der Waals surface area contributed by atoms with Crippen LogP contribution in [0.4, 0.5) is 0 Å². The van der Waals surface area contributed by atoms with E-state index in [1.54, 1.807) is 24.1 Å². The first kappa shape index (κ1) is 16.4. The van der Waals surface area contributed by atoms with Gasteiger partial charge in [0.25, 0.3) is 0 Å². The lowest BCUT2D eigenvalue weighted by atomic mass is 10.00. The standard InChI is InChI=1S/C18H22N4O2/c1-21-12-14(11-20-21)16(23)10-15-8-5-9-22(15)17(18(19)24)13-6-3-2-4-7-13/h2-4,6-7,11-12,15,17H,5,8-10H2,1H3,(H2,19,24)/t15-,17-/m0/s1. The van der Waals surface area contributed by atoms with E-state index in [2.05, 4.69) is 10.00 Å². The van der Waals surface area contributed by atoms with E-state index >= 15 is 0 Å². The maximum absolute atomic E-state index is 12.5. The Hall–Kier alpha value is -2.47. The van der Waals surface area contributed by atoms with Gasteiger partial charge in [-0.3, -0.25) is 19.2 Å². The number of hydrogen-bond donors (Lipinski definition) is 1. The van der Waals surface area contributed by atoms with Gasteiger partial charge in [-0.1, -0.05) is 30.3 Å². The van der Waals surface area contributed by atoms with Crippen molar-refractivity contribution in [3.8, 4) is 0 Å². The monoisotopic (exact) mass is 326 g/mol. The zero-order valence-electron chi connectivity index (χ0n) is 13.8. The van der Waals surface area contributed by atoms with Gasteiger partial charge in [0.1, 0.15) is 6.04 Å². The summed E-state index contributed by atoms with van der Waals surface area (Å²) in [4.78, 5) is 26.6. The van der Waals surface area contributed by atoms with Gasteiger partial charge in [-0.25, -0.2) is 0 Å². The molecule has 0 saturated carbocycles. The minimum absolute atomic E-state index is 0.0235. The molecule has 0 radical (unpaired) electrons. The number of aryl methyl sites for hydroxylation is 1. The molecule has 2 atom stereocenters. The Morgan fingerprint density at radius 1 is 1.33 bits per heavy atom. The van der Waals surface area contributed by atoms with E-state index in [1.807, 2.05) is 30.3 Å². The van der Waals surface area contributed by atoms with Crippen molar-refractivity contribution >= 4 is 11.7 Å². The van der Waals surface area contributed by atoms with Crippen molar-refractivity contribution in [2.45, 2.75) is 31.3 Å². The number of Topliss-reactive ketones (excluding diaryl/α,β-unsaturated/α-hetero) is 1. The fraction of sp³-hybridized carbons (Fsp3) is 0.389. The summed E-state index contributed by atoms with van der Waals surface area (Å²) in [6.45, 7) is 0.771. The summed E-state index contributed by atoms with van der Waals surface area (Å²) in [7, 11) is 1.79. The Kier molecular flexibility index (Phi) is 4.76. The van der Waals surface area contributed by atoms with Crippen LogP contribution in [0.3, 0.4) is 0 Å². The van der Waals surface area contributed by atoms with Crippen LogP contribution in [0.1, 0.15) is 41.2 Å². The van der Waals surface area contributed by atoms with E-state index < -0.39 is 6.04 Å². The quantitative estimate of drug-likeness (QED) is 0.819. The molecule has 1 aliphatic heterocycles. The third-order valence-electron chi connectivity index (χ3n) is 4.59. The summed E-state index contributed by atoms with van der Waals surface area (Å²) in [5.41, 5.74) is 7.17. The van der Waals surface area contributed by atoms with Gasteiger partial charge in [0, 0.05) is 25.7 Å². The first-order chi connectivity index (χ1) is 11.6. The number of benzene rings is 1. The average Bonchev–Trinajstić information content (AvgIpc) is 3.18. The predicted molar refractivity (Wildman–Crippen MR) is 90.3 cm³/mol. The van der Waals surface area contributed by atoms with Crippen LogP contribution in [-0.4, -0.2) is 39.0 Å². The van der Waals surface area contributed by atoms with Gasteiger partial charge in [-0.2, -0.15) is 5.10 Å². The summed E-state index contributed by atoms with van der Waals surface area (Å²) in [6, 6.07) is 9.07. The highest BCUT2D eigenvalue weighted by Crippen LogP contribution is 2.31. The summed E-state index contributed by atoms with van der Waals surface area (Å²) in [6.07, 6.45) is 5.54. The highest BCUT2D eigenvalue weighted by atomic mass is 16.1. The number of nitrogens with two attached hydrogens (primary N) is 1. The Balaban J connectivity index is 1.78. The second-order valence-corrected chi connectivity index (χ2v) is 6.28.